The van der Waals surface area contributed by atoms with E-state index in [1.165, 1.54) is 13.2 Å². The Morgan fingerprint density at radius 3 is 2.68 bits per heavy atom. The Kier molecular flexibility index (Phi) is 5.57. The third-order valence-electron chi connectivity index (χ3n) is 2.73. The lowest BCUT2D eigenvalue weighted by atomic mass is 10.1. The largest absolute Gasteiger partial charge is 0.465 e. The van der Waals surface area contributed by atoms with Gasteiger partial charge in [-0.25, -0.2) is 9.18 Å². The van der Waals surface area contributed by atoms with Crippen LogP contribution in [0.5, 0.6) is 0 Å². The minimum Gasteiger partial charge on any atom is -0.465 e. The third-order valence-corrected chi connectivity index (χ3v) is 2.73. The first-order chi connectivity index (χ1) is 9.04. The van der Waals surface area contributed by atoms with Gasteiger partial charge in [0.15, 0.2) is 0 Å². The second-order valence-corrected chi connectivity index (χ2v) is 4.09. The van der Waals surface area contributed by atoms with Gasteiger partial charge < -0.3 is 20.5 Å². The second kappa shape index (κ2) is 6.94. The first kappa shape index (κ1) is 15.2. The molecule has 0 atom stereocenters. The van der Waals surface area contributed by atoms with Gasteiger partial charge in [0.05, 0.1) is 25.0 Å². The molecule has 0 bridgehead atoms. The molecule has 19 heavy (non-hydrogen) atoms. The van der Waals surface area contributed by atoms with Gasteiger partial charge in [0.25, 0.3) is 0 Å². The number of esters is 1. The molecule has 0 saturated heterocycles. The summed E-state index contributed by atoms with van der Waals surface area (Å²) in [6.07, 6.45) is 0.789. The van der Waals surface area contributed by atoms with Gasteiger partial charge in [-0.3, -0.25) is 0 Å². The number of carbonyl (C=O) groups is 1. The highest BCUT2D eigenvalue weighted by atomic mass is 19.1. The third kappa shape index (κ3) is 3.57. The number of ether oxygens (including phenoxy) is 1. The van der Waals surface area contributed by atoms with Crippen LogP contribution in [-0.2, 0) is 4.74 Å². The minimum absolute atomic E-state index is 0.0357. The molecular formula is C13H19FN2O3. The molecule has 106 valence electrons. The molecule has 0 aliphatic rings. The van der Waals surface area contributed by atoms with Crippen LogP contribution in [0, 0.1) is 5.82 Å². The minimum atomic E-state index is -0.612. The number of methoxy groups -OCH3 is 1. The number of hydrogen-bond acceptors (Lipinski definition) is 5. The van der Waals surface area contributed by atoms with Crippen LogP contribution >= 0.6 is 0 Å². The average molecular weight is 270 g/mol. The molecule has 0 aliphatic heterocycles. The maximum Gasteiger partial charge on any atom is 0.340 e. The summed E-state index contributed by atoms with van der Waals surface area (Å²) in [5.41, 5.74) is 6.01. The summed E-state index contributed by atoms with van der Waals surface area (Å²) in [6, 6.07) is 2.46. The molecule has 0 aromatic heterocycles. The van der Waals surface area contributed by atoms with Gasteiger partial charge in [-0.05, 0) is 18.6 Å². The molecule has 1 aromatic rings. The maximum atomic E-state index is 13.9. The Labute approximate surface area is 111 Å². The predicted molar refractivity (Wildman–Crippen MR) is 71.7 cm³/mol. The molecule has 0 unspecified atom stereocenters. The molecule has 6 heteroatoms. The Balaban J connectivity index is 3.21. The number of nitrogens with two attached hydrogens (primary N) is 1. The summed E-state index contributed by atoms with van der Waals surface area (Å²) in [6.45, 7) is 2.70. The Hall–Kier alpha value is -1.82. The van der Waals surface area contributed by atoms with Gasteiger partial charge in [0, 0.05) is 18.8 Å². The highest BCUT2D eigenvalue weighted by molar-refractivity contribution is 5.96. The standard InChI is InChI=1S/C13H19FN2O3/c1-3-4-16(5-6-17)12-7-9(13(18)19-2)11(15)8-10(12)14/h7-8,17H,3-6,15H2,1-2H3. The van der Waals surface area contributed by atoms with Crippen molar-refractivity contribution in [2.24, 2.45) is 0 Å². The van der Waals surface area contributed by atoms with Gasteiger partial charge in [0.2, 0.25) is 0 Å². The van der Waals surface area contributed by atoms with Crippen molar-refractivity contribution in [1.29, 1.82) is 0 Å². The Morgan fingerprint density at radius 1 is 1.47 bits per heavy atom. The second-order valence-electron chi connectivity index (χ2n) is 4.09. The van der Waals surface area contributed by atoms with Crippen LogP contribution in [0.2, 0.25) is 0 Å². The van der Waals surface area contributed by atoms with Crippen LogP contribution in [0.1, 0.15) is 23.7 Å². The molecule has 5 nitrogen and oxygen atoms in total. The fourth-order valence-electron chi connectivity index (χ4n) is 1.85. The first-order valence-corrected chi connectivity index (χ1v) is 6.08. The van der Waals surface area contributed by atoms with Crippen molar-refractivity contribution in [3.05, 3.63) is 23.5 Å². The number of hydrogen-bond donors (Lipinski definition) is 2. The van der Waals surface area contributed by atoms with E-state index in [2.05, 4.69) is 4.74 Å². The van der Waals surface area contributed by atoms with Crippen molar-refractivity contribution in [2.45, 2.75) is 13.3 Å². The molecule has 0 spiro atoms. The van der Waals surface area contributed by atoms with Crippen LogP contribution in [0.15, 0.2) is 12.1 Å². The summed E-state index contributed by atoms with van der Waals surface area (Å²) in [5.74, 6) is -1.13. The fourth-order valence-corrected chi connectivity index (χ4v) is 1.85. The average Bonchev–Trinajstić information content (AvgIpc) is 2.38. The predicted octanol–water partition coefficient (Wildman–Crippen LogP) is 1.40. The highest BCUT2D eigenvalue weighted by Gasteiger charge is 2.18. The van der Waals surface area contributed by atoms with E-state index in [-0.39, 0.29) is 30.1 Å². The number of anilines is 2. The molecule has 0 saturated carbocycles. The number of aliphatic hydroxyl groups excluding tert-OH is 1. The van der Waals surface area contributed by atoms with E-state index in [4.69, 9.17) is 10.8 Å². The quantitative estimate of drug-likeness (QED) is 0.603. The number of rotatable bonds is 6. The van der Waals surface area contributed by atoms with E-state index >= 15 is 0 Å². The smallest absolute Gasteiger partial charge is 0.340 e. The number of nitrogen functional groups attached to an aromatic ring is 1. The molecule has 0 amide bonds. The van der Waals surface area contributed by atoms with Crippen molar-refractivity contribution < 1.29 is 19.0 Å². The van der Waals surface area contributed by atoms with Crippen LogP contribution in [0.3, 0.4) is 0 Å². The SMILES string of the molecule is CCCN(CCO)c1cc(C(=O)OC)c(N)cc1F. The van der Waals surface area contributed by atoms with Crippen molar-refractivity contribution >= 4 is 17.3 Å². The summed E-state index contributed by atoms with van der Waals surface area (Å²) < 4.78 is 18.5. The molecule has 0 radical (unpaired) electrons. The lowest BCUT2D eigenvalue weighted by molar-refractivity contribution is 0.0602. The molecule has 0 fully saturated rings. The lowest BCUT2D eigenvalue weighted by Gasteiger charge is -2.24. The number of carbonyl (C=O) groups excluding carboxylic acids is 1. The molecule has 1 aromatic carbocycles. The van der Waals surface area contributed by atoms with Crippen LogP contribution < -0.4 is 10.6 Å². The topological polar surface area (TPSA) is 75.8 Å². The zero-order valence-corrected chi connectivity index (χ0v) is 11.1. The van der Waals surface area contributed by atoms with E-state index in [1.54, 1.807) is 4.90 Å². The summed E-state index contributed by atoms with van der Waals surface area (Å²) in [7, 11) is 1.24. The van der Waals surface area contributed by atoms with Gasteiger partial charge >= 0.3 is 5.97 Å². The van der Waals surface area contributed by atoms with E-state index in [1.807, 2.05) is 6.92 Å². The zero-order chi connectivity index (χ0) is 14.4. The highest BCUT2D eigenvalue weighted by Crippen LogP contribution is 2.26. The molecule has 0 aliphatic carbocycles. The fraction of sp³-hybridized carbons (Fsp3) is 0.462. The number of halogens is 1. The van der Waals surface area contributed by atoms with Crippen LogP contribution in [0.25, 0.3) is 0 Å². The Morgan fingerprint density at radius 2 is 2.16 bits per heavy atom. The van der Waals surface area contributed by atoms with Gasteiger partial charge in [-0.1, -0.05) is 6.92 Å². The van der Waals surface area contributed by atoms with Crippen molar-refractivity contribution in [1.82, 2.24) is 0 Å². The lowest BCUT2D eigenvalue weighted by Crippen LogP contribution is -2.28. The van der Waals surface area contributed by atoms with Gasteiger partial charge in [-0.2, -0.15) is 0 Å². The Bertz CT molecular complexity index is 446. The molecule has 1 rings (SSSR count). The number of aliphatic hydroxyl groups is 1. The van der Waals surface area contributed by atoms with Gasteiger partial charge in [-0.15, -0.1) is 0 Å². The van der Waals surface area contributed by atoms with E-state index in [9.17, 15) is 9.18 Å². The summed E-state index contributed by atoms with van der Waals surface area (Å²) in [4.78, 5) is 13.2. The summed E-state index contributed by atoms with van der Waals surface area (Å²) >= 11 is 0. The van der Waals surface area contributed by atoms with Crippen LogP contribution in [0.4, 0.5) is 15.8 Å². The molecular weight excluding hydrogens is 251 g/mol. The molecule has 3 N–H and O–H groups in total. The monoisotopic (exact) mass is 270 g/mol. The first-order valence-electron chi connectivity index (χ1n) is 6.08. The van der Waals surface area contributed by atoms with E-state index < -0.39 is 11.8 Å². The van der Waals surface area contributed by atoms with E-state index in [0.29, 0.717) is 6.54 Å². The van der Waals surface area contributed by atoms with Gasteiger partial charge in [0.1, 0.15) is 5.82 Å². The number of nitrogens with zero attached hydrogens (tertiary/aromatic N) is 1. The summed E-state index contributed by atoms with van der Waals surface area (Å²) in [5, 5.41) is 9.01. The van der Waals surface area contributed by atoms with Crippen LogP contribution in [-0.4, -0.2) is 37.9 Å². The maximum absolute atomic E-state index is 13.9. The van der Waals surface area contributed by atoms with Crippen molar-refractivity contribution in [2.75, 3.05) is 37.4 Å². The number of benzene rings is 1. The van der Waals surface area contributed by atoms with E-state index in [0.717, 1.165) is 12.5 Å². The normalized spacial score (nSPS) is 10.3. The van der Waals surface area contributed by atoms with Crippen molar-refractivity contribution in [3.63, 3.8) is 0 Å². The van der Waals surface area contributed by atoms with Crippen molar-refractivity contribution in [3.8, 4) is 0 Å². The zero-order valence-electron chi connectivity index (χ0n) is 11.1. The molecule has 0 heterocycles.